The fourth-order valence-corrected chi connectivity index (χ4v) is 2.01. The van der Waals surface area contributed by atoms with Gasteiger partial charge in [-0.3, -0.25) is 4.68 Å². The molecule has 0 atom stereocenters. The average Bonchev–Trinajstić information content (AvgIpc) is 2.70. The second kappa shape index (κ2) is 4.55. The first kappa shape index (κ1) is 9.65. The van der Waals surface area contributed by atoms with Crippen molar-refractivity contribution in [1.29, 1.82) is 0 Å². The Morgan fingerprint density at radius 3 is 2.79 bits per heavy atom. The van der Waals surface area contributed by atoms with Crippen LogP contribution in [0.15, 0.2) is 12.7 Å². The zero-order valence-corrected chi connectivity index (χ0v) is 8.76. The van der Waals surface area contributed by atoms with Gasteiger partial charge in [0.2, 0.25) is 0 Å². The third-order valence-corrected chi connectivity index (χ3v) is 3.07. The van der Waals surface area contributed by atoms with Crippen LogP contribution < -0.4 is 0 Å². The van der Waals surface area contributed by atoms with Crippen LogP contribution in [0.3, 0.4) is 0 Å². The number of nitrogens with zero attached hydrogens (tertiary/aromatic N) is 4. The highest BCUT2D eigenvalue weighted by molar-refractivity contribution is 4.70. The summed E-state index contributed by atoms with van der Waals surface area (Å²) in [5.41, 5.74) is 0. The number of likely N-dealkylation sites (tertiary alicyclic amines) is 1. The molecule has 0 N–H and O–H groups in total. The minimum absolute atomic E-state index is 0.885. The molecular weight excluding hydrogens is 176 g/mol. The van der Waals surface area contributed by atoms with Crippen molar-refractivity contribution >= 4 is 0 Å². The van der Waals surface area contributed by atoms with Crippen LogP contribution in [0.1, 0.15) is 19.3 Å². The Balaban J connectivity index is 1.71. The van der Waals surface area contributed by atoms with Gasteiger partial charge in [-0.25, -0.2) is 4.98 Å². The molecule has 2 heterocycles. The Morgan fingerprint density at radius 2 is 2.14 bits per heavy atom. The van der Waals surface area contributed by atoms with Gasteiger partial charge in [0.15, 0.2) is 0 Å². The van der Waals surface area contributed by atoms with Crippen molar-refractivity contribution < 1.29 is 0 Å². The summed E-state index contributed by atoms with van der Waals surface area (Å²) >= 11 is 0. The second-order valence-corrected chi connectivity index (χ2v) is 4.19. The minimum atomic E-state index is 0.885. The first-order chi connectivity index (χ1) is 6.84. The summed E-state index contributed by atoms with van der Waals surface area (Å²) in [7, 11) is 2.20. The molecule has 1 aliphatic heterocycles. The molecule has 0 bridgehead atoms. The Labute approximate surface area is 84.9 Å². The van der Waals surface area contributed by atoms with E-state index in [9.17, 15) is 0 Å². The zero-order chi connectivity index (χ0) is 9.80. The third kappa shape index (κ3) is 2.54. The van der Waals surface area contributed by atoms with Crippen LogP contribution in [0.5, 0.6) is 0 Å². The minimum Gasteiger partial charge on any atom is -0.306 e. The van der Waals surface area contributed by atoms with Crippen molar-refractivity contribution in [2.75, 3.05) is 20.1 Å². The van der Waals surface area contributed by atoms with E-state index >= 15 is 0 Å². The highest BCUT2D eigenvalue weighted by atomic mass is 15.3. The van der Waals surface area contributed by atoms with E-state index in [1.165, 1.54) is 32.4 Å². The van der Waals surface area contributed by atoms with E-state index in [2.05, 4.69) is 22.0 Å². The predicted octanol–water partition coefficient (Wildman–Crippen LogP) is 1.01. The van der Waals surface area contributed by atoms with Gasteiger partial charge in [0.05, 0.1) is 0 Å². The standard InChI is InChI=1S/C10H18N4/c1-13-5-2-10(3-6-13)4-7-14-9-11-8-12-14/h8-10H,2-7H2,1H3. The SMILES string of the molecule is CN1CCC(CCn2cncn2)CC1. The first-order valence-corrected chi connectivity index (χ1v) is 5.35. The van der Waals surface area contributed by atoms with Gasteiger partial charge in [-0.05, 0) is 45.3 Å². The van der Waals surface area contributed by atoms with Gasteiger partial charge in [-0.1, -0.05) is 0 Å². The van der Waals surface area contributed by atoms with Gasteiger partial charge in [0, 0.05) is 6.54 Å². The molecule has 1 aromatic rings. The van der Waals surface area contributed by atoms with Crippen LogP contribution in [0.2, 0.25) is 0 Å². The van der Waals surface area contributed by atoms with Crippen LogP contribution in [0, 0.1) is 5.92 Å². The van der Waals surface area contributed by atoms with E-state index in [-0.39, 0.29) is 0 Å². The van der Waals surface area contributed by atoms with Gasteiger partial charge in [-0.15, -0.1) is 0 Å². The molecule has 1 saturated heterocycles. The molecule has 0 aliphatic carbocycles. The quantitative estimate of drug-likeness (QED) is 0.720. The maximum absolute atomic E-state index is 4.11. The molecule has 0 radical (unpaired) electrons. The molecule has 2 rings (SSSR count). The number of hydrogen-bond donors (Lipinski definition) is 0. The summed E-state index contributed by atoms with van der Waals surface area (Å²) in [4.78, 5) is 6.35. The molecule has 1 aromatic heterocycles. The van der Waals surface area contributed by atoms with Gasteiger partial charge < -0.3 is 4.90 Å². The van der Waals surface area contributed by atoms with Crippen molar-refractivity contribution in [3.63, 3.8) is 0 Å². The molecule has 1 fully saturated rings. The number of piperidine rings is 1. The van der Waals surface area contributed by atoms with Gasteiger partial charge in [0.1, 0.15) is 12.7 Å². The van der Waals surface area contributed by atoms with Gasteiger partial charge in [-0.2, -0.15) is 5.10 Å². The molecule has 0 spiro atoms. The lowest BCUT2D eigenvalue weighted by Crippen LogP contribution is -2.30. The van der Waals surface area contributed by atoms with E-state index in [1.54, 1.807) is 12.7 Å². The van der Waals surface area contributed by atoms with Crippen LogP contribution >= 0.6 is 0 Å². The van der Waals surface area contributed by atoms with E-state index in [0.717, 1.165) is 12.5 Å². The number of hydrogen-bond acceptors (Lipinski definition) is 3. The monoisotopic (exact) mass is 194 g/mol. The first-order valence-electron chi connectivity index (χ1n) is 5.35. The lowest BCUT2D eigenvalue weighted by atomic mass is 9.94. The fraction of sp³-hybridized carbons (Fsp3) is 0.800. The lowest BCUT2D eigenvalue weighted by Gasteiger charge is -2.28. The Morgan fingerprint density at radius 1 is 1.36 bits per heavy atom. The fourth-order valence-electron chi connectivity index (χ4n) is 2.01. The number of aromatic nitrogens is 3. The van der Waals surface area contributed by atoms with E-state index in [1.807, 2.05) is 4.68 Å². The van der Waals surface area contributed by atoms with Crippen molar-refractivity contribution in [2.24, 2.45) is 5.92 Å². The zero-order valence-electron chi connectivity index (χ0n) is 8.76. The predicted molar refractivity (Wildman–Crippen MR) is 54.9 cm³/mol. The topological polar surface area (TPSA) is 34.0 Å². The lowest BCUT2D eigenvalue weighted by molar-refractivity contribution is 0.206. The van der Waals surface area contributed by atoms with Gasteiger partial charge in [0.25, 0.3) is 0 Å². The Bertz CT molecular complexity index is 249. The normalized spacial score (nSPS) is 20.1. The molecule has 4 heteroatoms. The number of rotatable bonds is 3. The third-order valence-electron chi connectivity index (χ3n) is 3.07. The van der Waals surface area contributed by atoms with E-state index in [0.29, 0.717) is 0 Å². The molecule has 0 saturated carbocycles. The highest BCUT2D eigenvalue weighted by Gasteiger charge is 2.16. The molecule has 0 amide bonds. The number of aryl methyl sites for hydroxylation is 1. The van der Waals surface area contributed by atoms with Crippen LogP contribution in [-0.4, -0.2) is 39.8 Å². The molecule has 0 aromatic carbocycles. The maximum Gasteiger partial charge on any atom is 0.137 e. The Hall–Kier alpha value is -0.900. The molecule has 0 unspecified atom stereocenters. The van der Waals surface area contributed by atoms with Crippen LogP contribution in [0.25, 0.3) is 0 Å². The summed E-state index contributed by atoms with van der Waals surface area (Å²) < 4.78 is 1.93. The largest absolute Gasteiger partial charge is 0.306 e. The molecular formula is C10H18N4. The second-order valence-electron chi connectivity index (χ2n) is 4.19. The smallest absolute Gasteiger partial charge is 0.137 e. The molecule has 78 valence electrons. The summed E-state index contributed by atoms with van der Waals surface area (Å²) in [6.07, 6.45) is 7.33. The van der Waals surface area contributed by atoms with E-state index in [4.69, 9.17) is 0 Å². The van der Waals surface area contributed by atoms with Crippen molar-refractivity contribution in [3.05, 3.63) is 12.7 Å². The summed E-state index contributed by atoms with van der Waals surface area (Å²) in [6, 6.07) is 0. The molecule has 1 aliphatic rings. The highest BCUT2D eigenvalue weighted by Crippen LogP contribution is 2.19. The summed E-state index contributed by atoms with van der Waals surface area (Å²) in [5, 5.41) is 4.11. The summed E-state index contributed by atoms with van der Waals surface area (Å²) in [6.45, 7) is 3.53. The van der Waals surface area contributed by atoms with Crippen molar-refractivity contribution in [2.45, 2.75) is 25.8 Å². The van der Waals surface area contributed by atoms with E-state index < -0.39 is 0 Å². The maximum atomic E-state index is 4.11. The van der Waals surface area contributed by atoms with Gasteiger partial charge >= 0.3 is 0 Å². The average molecular weight is 194 g/mol. The summed E-state index contributed by atoms with van der Waals surface area (Å²) in [5.74, 6) is 0.885. The van der Waals surface area contributed by atoms with Crippen molar-refractivity contribution in [3.8, 4) is 0 Å². The van der Waals surface area contributed by atoms with Crippen LogP contribution in [-0.2, 0) is 6.54 Å². The molecule has 4 nitrogen and oxygen atoms in total. The molecule has 14 heavy (non-hydrogen) atoms. The Kier molecular flexibility index (Phi) is 3.14. The van der Waals surface area contributed by atoms with Crippen molar-refractivity contribution in [1.82, 2.24) is 19.7 Å². The van der Waals surface area contributed by atoms with Crippen LogP contribution in [0.4, 0.5) is 0 Å².